The molecule has 0 aliphatic rings. The molecule has 2 nitrogen and oxygen atoms in total. The van der Waals surface area contributed by atoms with E-state index in [0.717, 1.165) is 19.3 Å². The van der Waals surface area contributed by atoms with E-state index < -0.39 is 0 Å². The molecule has 1 atom stereocenters. The van der Waals surface area contributed by atoms with Crippen molar-refractivity contribution in [2.45, 2.75) is 25.3 Å². The van der Waals surface area contributed by atoms with Gasteiger partial charge in [0.25, 0.3) is 0 Å². The van der Waals surface area contributed by atoms with Crippen molar-refractivity contribution in [2.24, 2.45) is 5.73 Å². The first kappa shape index (κ1) is 10.2. The number of aliphatic hydroxyl groups excluding tert-OH is 1. The van der Waals surface area contributed by atoms with E-state index in [4.69, 9.17) is 10.8 Å². The average molecular weight is 179 g/mol. The molecule has 1 aromatic carbocycles. The molecule has 0 heterocycles. The van der Waals surface area contributed by atoms with Crippen molar-refractivity contribution in [3.63, 3.8) is 0 Å². The van der Waals surface area contributed by atoms with Gasteiger partial charge in [-0.1, -0.05) is 30.3 Å². The molecule has 0 unspecified atom stereocenters. The van der Waals surface area contributed by atoms with Gasteiger partial charge >= 0.3 is 0 Å². The third-order valence-electron chi connectivity index (χ3n) is 2.15. The molecule has 0 amide bonds. The molecule has 0 fully saturated rings. The predicted molar refractivity (Wildman–Crippen MR) is 54.3 cm³/mol. The van der Waals surface area contributed by atoms with Crippen LogP contribution in [0.3, 0.4) is 0 Å². The third kappa shape index (κ3) is 3.57. The molecule has 0 saturated heterocycles. The van der Waals surface area contributed by atoms with E-state index in [-0.39, 0.29) is 12.6 Å². The Morgan fingerprint density at radius 1 is 1.15 bits per heavy atom. The fourth-order valence-corrected chi connectivity index (χ4v) is 1.34. The fraction of sp³-hybridized carbons (Fsp3) is 0.455. The van der Waals surface area contributed by atoms with E-state index in [1.807, 2.05) is 30.3 Å². The minimum absolute atomic E-state index is 0.118. The second kappa shape index (κ2) is 5.73. The lowest BCUT2D eigenvalue weighted by molar-refractivity contribution is 0.281. The number of hydrogen-bond donors (Lipinski definition) is 2. The summed E-state index contributed by atoms with van der Waals surface area (Å²) < 4.78 is 0. The van der Waals surface area contributed by atoms with E-state index in [0.29, 0.717) is 0 Å². The molecule has 2 heteroatoms. The van der Waals surface area contributed by atoms with E-state index in [9.17, 15) is 0 Å². The fourth-order valence-electron chi connectivity index (χ4n) is 1.34. The molecule has 0 aliphatic heterocycles. The highest BCUT2D eigenvalue weighted by atomic mass is 16.2. The normalized spacial score (nSPS) is 12.8. The highest BCUT2D eigenvalue weighted by molar-refractivity contribution is 5.18. The molecule has 0 aromatic heterocycles. The van der Waals surface area contributed by atoms with Gasteiger partial charge in [0, 0.05) is 12.6 Å². The van der Waals surface area contributed by atoms with Gasteiger partial charge in [-0.3, -0.25) is 0 Å². The second-order valence-corrected chi connectivity index (χ2v) is 3.24. The summed E-state index contributed by atoms with van der Waals surface area (Å²) in [6, 6.07) is 10.2. The zero-order valence-corrected chi connectivity index (χ0v) is 7.82. The number of nitrogens with two attached hydrogens (primary N) is 1. The van der Waals surface area contributed by atoms with Gasteiger partial charge in [-0.05, 0) is 24.8 Å². The van der Waals surface area contributed by atoms with Crippen LogP contribution in [0.5, 0.6) is 0 Å². The molecule has 13 heavy (non-hydrogen) atoms. The van der Waals surface area contributed by atoms with Gasteiger partial charge in [0.15, 0.2) is 0 Å². The first-order chi connectivity index (χ1) is 6.34. The maximum absolute atomic E-state index is 8.61. The highest BCUT2D eigenvalue weighted by Gasteiger charge is 2.03. The molecule has 0 bridgehead atoms. The monoisotopic (exact) mass is 179 g/mol. The van der Waals surface area contributed by atoms with Gasteiger partial charge in [0.1, 0.15) is 0 Å². The largest absolute Gasteiger partial charge is 0.396 e. The summed E-state index contributed by atoms with van der Waals surface area (Å²) in [6.07, 6.45) is 2.79. The summed E-state index contributed by atoms with van der Waals surface area (Å²) >= 11 is 0. The summed E-state index contributed by atoms with van der Waals surface area (Å²) in [5, 5.41) is 8.61. The van der Waals surface area contributed by atoms with Crippen molar-refractivity contribution < 1.29 is 5.11 Å². The van der Waals surface area contributed by atoms with E-state index >= 15 is 0 Å². The Kier molecular flexibility index (Phi) is 4.50. The Hall–Kier alpha value is -0.860. The Morgan fingerprint density at radius 2 is 1.85 bits per heavy atom. The molecule has 0 aliphatic carbocycles. The van der Waals surface area contributed by atoms with Crippen LogP contribution in [-0.4, -0.2) is 11.7 Å². The van der Waals surface area contributed by atoms with Crippen molar-refractivity contribution in [2.75, 3.05) is 6.61 Å². The summed E-state index contributed by atoms with van der Waals surface area (Å²) in [6.45, 7) is 0.265. The van der Waals surface area contributed by atoms with Crippen LogP contribution in [0.15, 0.2) is 30.3 Å². The smallest absolute Gasteiger partial charge is 0.0431 e. The Labute approximate surface area is 79.4 Å². The van der Waals surface area contributed by atoms with Crippen molar-refractivity contribution in [3.05, 3.63) is 35.9 Å². The van der Waals surface area contributed by atoms with Crippen molar-refractivity contribution in [1.82, 2.24) is 0 Å². The second-order valence-electron chi connectivity index (χ2n) is 3.24. The number of hydrogen-bond acceptors (Lipinski definition) is 2. The van der Waals surface area contributed by atoms with Gasteiger partial charge < -0.3 is 10.8 Å². The zero-order valence-electron chi connectivity index (χ0n) is 7.82. The predicted octanol–water partition coefficient (Wildman–Crippen LogP) is 1.85. The van der Waals surface area contributed by atoms with Crippen LogP contribution in [-0.2, 0) is 0 Å². The van der Waals surface area contributed by atoms with Gasteiger partial charge in [-0.2, -0.15) is 0 Å². The van der Waals surface area contributed by atoms with Crippen LogP contribution in [0.2, 0.25) is 0 Å². The molecular formula is C11H17NO. The van der Waals surface area contributed by atoms with Gasteiger partial charge in [-0.15, -0.1) is 0 Å². The van der Waals surface area contributed by atoms with Crippen LogP contribution in [0.1, 0.15) is 30.9 Å². The molecule has 3 N–H and O–H groups in total. The summed E-state index contributed by atoms with van der Waals surface area (Å²) in [7, 11) is 0. The van der Waals surface area contributed by atoms with Crippen LogP contribution >= 0.6 is 0 Å². The quantitative estimate of drug-likeness (QED) is 0.677. The number of benzene rings is 1. The summed E-state index contributed by atoms with van der Waals surface area (Å²) in [5.41, 5.74) is 7.14. The molecule has 1 rings (SSSR count). The molecule has 0 radical (unpaired) electrons. The number of rotatable bonds is 5. The summed E-state index contributed by atoms with van der Waals surface area (Å²) in [5.74, 6) is 0. The lowest BCUT2D eigenvalue weighted by Gasteiger charge is -2.10. The maximum atomic E-state index is 8.61. The van der Waals surface area contributed by atoms with Crippen molar-refractivity contribution in [3.8, 4) is 0 Å². The SMILES string of the molecule is N[C@H](CCCCO)c1ccccc1. The van der Waals surface area contributed by atoms with Crippen LogP contribution in [0.25, 0.3) is 0 Å². The average Bonchev–Trinajstić information content (AvgIpc) is 2.19. The lowest BCUT2D eigenvalue weighted by atomic mass is 10.0. The summed E-state index contributed by atoms with van der Waals surface area (Å²) in [4.78, 5) is 0. The van der Waals surface area contributed by atoms with Crippen LogP contribution in [0.4, 0.5) is 0 Å². The van der Waals surface area contributed by atoms with Gasteiger partial charge in [0.05, 0.1) is 0 Å². The Morgan fingerprint density at radius 3 is 2.46 bits per heavy atom. The van der Waals surface area contributed by atoms with E-state index in [1.165, 1.54) is 5.56 Å². The van der Waals surface area contributed by atoms with E-state index in [1.54, 1.807) is 0 Å². The van der Waals surface area contributed by atoms with Crippen LogP contribution < -0.4 is 5.73 Å². The zero-order chi connectivity index (χ0) is 9.52. The van der Waals surface area contributed by atoms with Gasteiger partial charge in [0.2, 0.25) is 0 Å². The molecule has 72 valence electrons. The van der Waals surface area contributed by atoms with Gasteiger partial charge in [-0.25, -0.2) is 0 Å². The molecular weight excluding hydrogens is 162 g/mol. The minimum atomic E-state index is 0.118. The van der Waals surface area contributed by atoms with E-state index in [2.05, 4.69) is 0 Å². The highest BCUT2D eigenvalue weighted by Crippen LogP contribution is 2.15. The topological polar surface area (TPSA) is 46.2 Å². The standard InChI is InChI=1S/C11H17NO/c12-11(8-4-5-9-13)10-6-2-1-3-7-10/h1-3,6-7,11,13H,4-5,8-9,12H2/t11-/m1/s1. The maximum Gasteiger partial charge on any atom is 0.0431 e. The Balaban J connectivity index is 2.35. The lowest BCUT2D eigenvalue weighted by Crippen LogP contribution is -2.09. The van der Waals surface area contributed by atoms with Crippen molar-refractivity contribution in [1.29, 1.82) is 0 Å². The number of unbranched alkanes of at least 4 members (excludes halogenated alkanes) is 1. The Bertz CT molecular complexity index is 223. The van der Waals surface area contributed by atoms with Crippen molar-refractivity contribution >= 4 is 0 Å². The minimum Gasteiger partial charge on any atom is -0.396 e. The number of aliphatic hydroxyl groups is 1. The third-order valence-corrected chi connectivity index (χ3v) is 2.15. The molecule has 1 aromatic rings. The van der Waals surface area contributed by atoms with Crippen LogP contribution in [0, 0.1) is 0 Å². The molecule has 0 saturated carbocycles. The first-order valence-electron chi connectivity index (χ1n) is 4.76. The first-order valence-corrected chi connectivity index (χ1v) is 4.76. The molecule has 0 spiro atoms.